The van der Waals surface area contributed by atoms with Gasteiger partial charge in [0, 0.05) is 39.3 Å². The number of sulfonamides is 1. The largest absolute Gasteiger partial charge is 0.377 e. The van der Waals surface area contributed by atoms with Gasteiger partial charge in [0.2, 0.25) is 10.0 Å². The molecule has 0 amide bonds. The highest BCUT2D eigenvalue weighted by molar-refractivity contribution is 7.89. The summed E-state index contributed by atoms with van der Waals surface area (Å²) in [5, 5.41) is 0. The first-order valence-corrected chi connectivity index (χ1v) is 12.0. The van der Waals surface area contributed by atoms with Gasteiger partial charge in [0.25, 0.3) is 0 Å². The Morgan fingerprint density at radius 3 is 2.22 bits per heavy atom. The van der Waals surface area contributed by atoms with Crippen molar-refractivity contribution < 1.29 is 13.2 Å². The summed E-state index contributed by atoms with van der Waals surface area (Å²) in [6.45, 7) is 4.52. The predicted octanol–water partition coefficient (Wildman–Crippen LogP) is 3.22. The van der Waals surface area contributed by atoms with Gasteiger partial charge < -0.3 is 4.74 Å². The Labute approximate surface area is 163 Å². The van der Waals surface area contributed by atoms with Crippen LogP contribution in [0, 0.1) is 0 Å². The number of benzene rings is 1. The summed E-state index contributed by atoms with van der Waals surface area (Å²) in [7, 11) is -3.38. The molecule has 4 rings (SSSR count). The van der Waals surface area contributed by atoms with Gasteiger partial charge in [-0.15, -0.1) is 0 Å². The summed E-state index contributed by atoms with van der Waals surface area (Å²) in [5.74, 6) is 0.608. The van der Waals surface area contributed by atoms with Crippen molar-refractivity contribution in [1.29, 1.82) is 0 Å². The van der Waals surface area contributed by atoms with Gasteiger partial charge in [-0.05, 0) is 49.3 Å². The lowest BCUT2D eigenvalue weighted by Crippen LogP contribution is -2.50. The van der Waals surface area contributed by atoms with Crippen molar-refractivity contribution in [2.24, 2.45) is 0 Å². The van der Waals surface area contributed by atoms with E-state index in [0.29, 0.717) is 30.0 Å². The first kappa shape index (κ1) is 19.4. The summed E-state index contributed by atoms with van der Waals surface area (Å²) in [6.07, 6.45) is 9.00. The van der Waals surface area contributed by atoms with Gasteiger partial charge in [-0.3, -0.25) is 4.90 Å². The number of ether oxygens (including phenoxy) is 1. The molecule has 1 saturated carbocycles. The van der Waals surface area contributed by atoms with Crippen LogP contribution in [0.15, 0.2) is 29.2 Å². The lowest BCUT2D eigenvalue weighted by atomic mass is 9.84. The van der Waals surface area contributed by atoms with Gasteiger partial charge in [0.15, 0.2) is 0 Å². The summed E-state index contributed by atoms with van der Waals surface area (Å²) < 4.78 is 33.4. The Morgan fingerprint density at radius 1 is 0.889 bits per heavy atom. The number of piperazine rings is 1. The van der Waals surface area contributed by atoms with Crippen LogP contribution in [0.2, 0.25) is 0 Å². The molecule has 150 valence electrons. The maximum absolute atomic E-state index is 13.0. The van der Waals surface area contributed by atoms with Crippen LogP contribution in [0.4, 0.5) is 0 Å². The van der Waals surface area contributed by atoms with Crippen LogP contribution in [0.1, 0.15) is 56.4 Å². The molecule has 2 heterocycles. The van der Waals surface area contributed by atoms with Crippen LogP contribution in [-0.4, -0.2) is 63.1 Å². The third kappa shape index (κ3) is 4.56. The van der Waals surface area contributed by atoms with Gasteiger partial charge >= 0.3 is 0 Å². The minimum Gasteiger partial charge on any atom is -0.377 e. The summed E-state index contributed by atoms with van der Waals surface area (Å²) >= 11 is 0. The van der Waals surface area contributed by atoms with Crippen molar-refractivity contribution in [3.8, 4) is 0 Å². The van der Waals surface area contributed by atoms with E-state index in [2.05, 4.69) is 4.90 Å². The molecule has 2 saturated heterocycles. The fraction of sp³-hybridized carbons (Fsp3) is 0.714. The molecule has 0 bridgehead atoms. The van der Waals surface area contributed by atoms with Crippen LogP contribution in [0.3, 0.4) is 0 Å². The fourth-order valence-corrected chi connectivity index (χ4v) is 6.15. The van der Waals surface area contributed by atoms with Gasteiger partial charge in [0.1, 0.15) is 0 Å². The smallest absolute Gasteiger partial charge is 0.243 e. The summed E-state index contributed by atoms with van der Waals surface area (Å²) in [5.41, 5.74) is 1.30. The van der Waals surface area contributed by atoms with Crippen molar-refractivity contribution in [3.05, 3.63) is 29.8 Å². The van der Waals surface area contributed by atoms with E-state index in [1.807, 2.05) is 24.3 Å². The van der Waals surface area contributed by atoms with Crippen molar-refractivity contribution >= 4 is 10.0 Å². The molecule has 2 aliphatic heterocycles. The molecule has 0 spiro atoms. The Kier molecular flexibility index (Phi) is 6.17. The molecule has 3 fully saturated rings. The van der Waals surface area contributed by atoms with Gasteiger partial charge in [-0.1, -0.05) is 31.4 Å². The highest BCUT2D eigenvalue weighted by Gasteiger charge is 2.30. The summed E-state index contributed by atoms with van der Waals surface area (Å²) in [4.78, 5) is 2.78. The van der Waals surface area contributed by atoms with Crippen molar-refractivity contribution in [2.45, 2.75) is 61.9 Å². The van der Waals surface area contributed by atoms with E-state index < -0.39 is 10.0 Å². The molecule has 5 nitrogen and oxygen atoms in total. The van der Waals surface area contributed by atoms with Crippen LogP contribution in [-0.2, 0) is 14.8 Å². The Morgan fingerprint density at radius 2 is 1.59 bits per heavy atom. The molecular weight excluding hydrogens is 360 g/mol. The van der Waals surface area contributed by atoms with Crippen LogP contribution >= 0.6 is 0 Å². The van der Waals surface area contributed by atoms with Crippen LogP contribution in [0.25, 0.3) is 0 Å². The molecule has 0 radical (unpaired) electrons. The third-order valence-corrected chi connectivity index (χ3v) is 8.32. The molecule has 0 N–H and O–H groups in total. The number of hydrogen-bond acceptors (Lipinski definition) is 4. The monoisotopic (exact) mass is 392 g/mol. The van der Waals surface area contributed by atoms with Crippen molar-refractivity contribution in [1.82, 2.24) is 9.21 Å². The van der Waals surface area contributed by atoms with E-state index in [-0.39, 0.29) is 0 Å². The topological polar surface area (TPSA) is 49.9 Å². The molecule has 1 aromatic carbocycles. The average Bonchev–Trinajstić information content (AvgIpc) is 3.22. The van der Waals surface area contributed by atoms with Gasteiger partial charge in [-0.25, -0.2) is 8.42 Å². The van der Waals surface area contributed by atoms with Crippen LogP contribution in [0.5, 0.6) is 0 Å². The Hall–Kier alpha value is -0.950. The number of nitrogens with zero attached hydrogens (tertiary/aromatic N) is 2. The standard InChI is InChI=1S/C21H32N2O3S/c24-27(25,21-10-8-19(9-11-21)18-5-2-1-3-6-18)23-14-12-22(13-15-23)17-20-7-4-16-26-20/h8-11,18,20H,1-7,12-17H2. The summed E-state index contributed by atoms with van der Waals surface area (Å²) in [6, 6.07) is 7.71. The first-order chi connectivity index (χ1) is 13.1. The second-order valence-electron chi connectivity index (χ2n) is 8.24. The van der Waals surface area contributed by atoms with Gasteiger partial charge in [-0.2, -0.15) is 4.31 Å². The molecule has 1 unspecified atom stereocenters. The normalized spacial score (nSPS) is 26.4. The zero-order chi connectivity index (χ0) is 18.7. The molecular formula is C21H32N2O3S. The molecule has 1 atom stereocenters. The van der Waals surface area contributed by atoms with E-state index in [0.717, 1.165) is 39.1 Å². The quantitative estimate of drug-likeness (QED) is 0.772. The van der Waals surface area contributed by atoms with E-state index in [1.165, 1.54) is 37.7 Å². The van der Waals surface area contributed by atoms with Crippen molar-refractivity contribution in [2.75, 3.05) is 39.3 Å². The maximum Gasteiger partial charge on any atom is 0.243 e. The molecule has 27 heavy (non-hydrogen) atoms. The number of rotatable bonds is 5. The first-order valence-electron chi connectivity index (χ1n) is 10.6. The minimum absolute atomic E-state index is 0.334. The predicted molar refractivity (Wildman–Crippen MR) is 106 cm³/mol. The minimum atomic E-state index is -3.38. The molecule has 1 aliphatic carbocycles. The van der Waals surface area contributed by atoms with Crippen molar-refractivity contribution in [3.63, 3.8) is 0 Å². The fourth-order valence-electron chi connectivity index (χ4n) is 4.73. The lowest BCUT2D eigenvalue weighted by molar-refractivity contribution is 0.0617. The highest BCUT2D eigenvalue weighted by atomic mass is 32.2. The number of hydrogen-bond donors (Lipinski definition) is 0. The van der Waals surface area contributed by atoms with E-state index >= 15 is 0 Å². The Balaban J connectivity index is 1.35. The van der Waals surface area contributed by atoms with E-state index in [1.54, 1.807) is 4.31 Å². The maximum atomic E-state index is 13.0. The lowest BCUT2D eigenvalue weighted by Gasteiger charge is -2.35. The molecule has 1 aromatic rings. The van der Waals surface area contributed by atoms with E-state index in [4.69, 9.17) is 4.74 Å². The highest BCUT2D eigenvalue weighted by Crippen LogP contribution is 2.33. The average molecular weight is 393 g/mol. The SMILES string of the molecule is O=S(=O)(c1ccc(C2CCCCC2)cc1)N1CCN(CC2CCCO2)CC1. The zero-order valence-electron chi connectivity index (χ0n) is 16.2. The third-order valence-electron chi connectivity index (χ3n) is 6.41. The van der Waals surface area contributed by atoms with Crippen LogP contribution < -0.4 is 0 Å². The van der Waals surface area contributed by atoms with E-state index in [9.17, 15) is 8.42 Å². The molecule has 6 heteroatoms. The Bertz CT molecular complexity index is 699. The second-order valence-corrected chi connectivity index (χ2v) is 10.2. The molecule has 3 aliphatic rings. The second kappa shape index (κ2) is 8.60. The van der Waals surface area contributed by atoms with Gasteiger partial charge in [0.05, 0.1) is 11.0 Å². The molecule has 0 aromatic heterocycles. The zero-order valence-corrected chi connectivity index (χ0v) is 17.0.